The van der Waals surface area contributed by atoms with Crippen LogP contribution in [0.15, 0.2) is 77.8 Å². The molecule has 0 spiro atoms. The third kappa shape index (κ3) is 5.42. The Hall–Kier alpha value is -3.19. The van der Waals surface area contributed by atoms with Crippen LogP contribution in [0.4, 0.5) is 0 Å². The average Bonchev–Trinajstić information content (AvgIpc) is 2.72. The summed E-state index contributed by atoms with van der Waals surface area (Å²) in [5.41, 5.74) is 1.79. The van der Waals surface area contributed by atoms with E-state index in [1.807, 2.05) is 49.4 Å². The number of hydrogen-bond donors (Lipinski definition) is 1. The molecule has 1 atom stereocenters. The van der Waals surface area contributed by atoms with Gasteiger partial charge in [0, 0.05) is 12.5 Å². The lowest BCUT2D eigenvalue weighted by molar-refractivity contribution is 0.0936. The number of nitrogens with one attached hydrogen (secondary N) is 1. The summed E-state index contributed by atoms with van der Waals surface area (Å²) in [6.07, 6.45) is 2.80. The van der Waals surface area contributed by atoms with Gasteiger partial charge in [0.1, 0.15) is 12.4 Å². The molecule has 150 valence electrons. The molecule has 0 saturated heterocycles. The summed E-state index contributed by atoms with van der Waals surface area (Å²) in [7, 11) is -3.51. The number of amides is 1. The first-order valence-electron chi connectivity index (χ1n) is 9.07. The predicted octanol–water partition coefficient (Wildman–Crippen LogP) is 3.56. The molecule has 0 bridgehead atoms. The van der Waals surface area contributed by atoms with E-state index >= 15 is 0 Å². The van der Waals surface area contributed by atoms with E-state index in [1.54, 1.807) is 18.3 Å². The zero-order valence-electron chi connectivity index (χ0n) is 16.2. The molecule has 0 fully saturated rings. The smallest absolute Gasteiger partial charge is 0.253 e. The van der Waals surface area contributed by atoms with Crippen LogP contribution >= 0.6 is 0 Å². The zero-order valence-corrected chi connectivity index (χ0v) is 17.0. The number of rotatable bonds is 7. The number of pyridine rings is 1. The number of nitrogens with zero attached hydrogens (tertiary/aromatic N) is 1. The molecular weight excluding hydrogens is 388 g/mol. The van der Waals surface area contributed by atoms with E-state index in [4.69, 9.17) is 4.74 Å². The highest BCUT2D eigenvalue weighted by molar-refractivity contribution is 7.90. The second kappa shape index (κ2) is 8.87. The van der Waals surface area contributed by atoms with Crippen LogP contribution in [-0.4, -0.2) is 25.6 Å². The summed E-state index contributed by atoms with van der Waals surface area (Å²) < 4.78 is 29.7. The molecule has 1 unspecified atom stereocenters. The van der Waals surface area contributed by atoms with Gasteiger partial charge in [-0.15, -0.1) is 0 Å². The molecule has 1 heterocycles. The van der Waals surface area contributed by atoms with Crippen molar-refractivity contribution in [1.82, 2.24) is 10.3 Å². The average molecular weight is 410 g/mol. The van der Waals surface area contributed by atoms with Crippen molar-refractivity contribution in [2.24, 2.45) is 0 Å². The number of benzene rings is 2. The first-order chi connectivity index (χ1) is 13.8. The maximum atomic E-state index is 12.7. The number of carbonyl (C=O) groups excluding carboxylic acids is 1. The first-order valence-corrected chi connectivity index (χ1v) is 11.0. The Bertz CT molecular complexity index is 1100. The fourth-order valence-electron chi connectivity index (χ4n) is 2.85. The number of sulfone groups is 1. The molecule has 3 rings (SSSR count). The van der Waals surface area contributed by atoms with Crippen LogP contribution in [0.2, 0.25) is 0 Å². The van der Waals surface area contributed by atoms with Gasteiger partial charge in [-0.2, -0.15) is 0 Å². The normalized spacial score (nSPS) is 12.2. The number of ether oxygens (including phenoxy) is 1. The molecular formula is C22H22N2O4S. The minimum absolute atomic E-state index is 0.0112. The van der Waals surface area contributed by atoms with Gasteiger partial charge in [-0.25, -0.2) is 8.42 Å². The molecule has 0 aliphatic heterocycles. The van der Waals surface area contributed by atoms with E-state index in [2.05, 4.69) is 10.3 Å². The Balaban J connectivity index is 1.71. The predicted molar refractivity (Wildman–Crippen MR) is 110 cm³/mol. The summed E-state index contributed by atoms with van der Waals surface area (Å²) in [6, 6.07) is 18.9. The van der Waals surface area contributed by atoms with Gasteiger partial charge in [0.25, 0.3) is 5.91 Å². The summed E-state index contributed by atoms with van der Waals surface area (Å²) >= 11 is 0. The molecule has 0 aliphatic carbocycles. The van der Waals surface area contributed by atoms with Crippen LogP contribution in [-0.2, 0) is 16.4 Å². The molecule has 1 N–H and O–H groups in total. The van der Waals surface area contributed by atoms with Crippen LogP contribution in [0, 0.1) is 0 Å². The van der Waals surface area contributed by atoms with E-state index in [-0.39, 0.29) is 16.5 Å². The van der Waals surface area contributed by atoms with E-state index in [0.29, 0.717) is 12.4 Å². The number of aromatic nitrogens is 1. The molecule has 7 heteroatoms. The highest BCUT2D eigenvalue weighted by atomic mass is 32.2. The maximum absolute atomic E-state index is 12.7. The Kier molecular flexibility index (Phi) is 6.29. The van der Waals surface area contributed by atoms with Crippen LogP contribution < -0.4 is 10.1 Å². The lowest BCUT2D eigenvalue weighted by atomic mass is 10.1. The Morgan fingerprint density at radius 2 is 1.83 bits per heavy atom. The molecule has 2 aromatic carbocycles. The van der Waals surface area contributed by atoms with Crippen molar-refractivity contribution in [3.63, 3.8) is 0 Å². The fourth-order valence-corrected chi connectivity index (χ4v) is 3.74. The monoisotopic (exact) mass is 410 g/mol. The maximum Gasteiger partial charge on any atom is 0.253 e. The van der Waals surface area contributed by atoms with Crippen molar-refractivity contribution >= 4 is 15.7 Å². The summed E-state index contributed by atoms with van der Waals surface area (Å²) in [6.45, 7) is 2.17. The SMILES string of the molecule is CC(NC(=O)c1ccccc1S(C)(=O)=O)c1cccc(OCc2ccccn2)c1. The lowest BCUT2D eigenvalue weighted by Crippen LogP contribution is -2.28. The molecule has 6 nitrogen and oxygen atoms in total. The van der Waals surface area contributed by atoms with Crippen molar-refractivity contribution in [3.8, 4) is 5.75 Å². The second-order valence-electron chi connectivity index (χ2n) is 6.65. The summed E-state index contributed by atoms with van der Waals surface area (Å²) in [5, 5.41) is 2.85. The first kappa shape index (κ1) is 20.5. The van der Waals surface area contributed by atoms with Gasteiger partial charge in [0.2, 0.25) is 0 Å². The van der Waals surface area contributed by atoms with Gasteiger partial charge >= 0.3 is 0 Å². The van der Waals surface area contributed by atoms with Crippen molar-refractivity contribution in [2.75, 3.05) is 6.26 Å². The summed E-state index contributed by atoms with van der Waals surface area (Å²) in [4.78, 5) is 16.9. The molecule has 1 amide bonds. The van der Waals surface area contributed by atoms with Crippen molar-refractivity contribution in [3.05, 3.63) is 89.7 Å². The minimum atomic E-state index is -3.51. The Labute approximate surface area is 170 Å². The van der Waals surface area contributed by atoms with Gasteiger partial charge in [-0.3, -0.25) is 9.78 Å². The van der Waals surface area contributed by atoms with Crippen molar-refractivity contribution in [2.45, 2.75) is 24.5 Å². The molecule has 1 aromatic heterocycles. The molecule has 3 aromatic rings. The summed E-state index contributed by atoms with van der Waals surface area (Å²) in [5.74, 6) is 0.212. The van der Waals surface area contributed by atoms with Gasteiger partial charge in [0.15, 0.2) is 9.84 Å². The number of hydrogen-bond acceptors (Lipinski definition) is 5. The third-order valence-electron chi connectivity index (χ3n) is 4.35. The van der Waals surface area contributed by atoms with E-state index in [1.165, 1.54) is 12.1 Å². The Morgan fingerprint density at radius 1 is 1.07 bits per heavy atom. The molecule has 29 heavy (non-hydrogen) atoms. The van der Waals surface area contributed by atoms with Crippen LogP contribution in [0.3, 0.4) is 0 Å². The van der Waals surface area contributed by atoms with Gasteiger partial charge < -0.3 is 10.1 Å². The van der Waals surface area contributed by atoms with Crippen LogP contribution in [0.25, 0.3) is 0 Å². The van der Waals surface area contributed by atoms with Gasteiger partial charge in [-0.1, -0.05) is 30.3 Å². The fraction of sp³-hybridized carbons (Fsp3) is 0.182. The molecule has 0 radical (unpaired) electrons. The van der Waals surface area contributed by atoms with E-state index in [0.717, 1.165) is 17.5 Å². The van der Waals surface area contributed by atoms with E-state index < -0.39 is 15.7 Å². The second-order valence-corrected chi connectivity index (χ2v) is 8.63. The van der Waals surface area contributed by atoms with Gasteiger partial charge in [0.05, 0.1) is 22.2 Å². The molecule has 0 aliphatic rings. The lowest BCUT2D eigenvalue weighted by Gasteiger charge is -2.17. The standard InChI is InChI=1S/C22H22N2O4S/c1-16(24-22(25)20-11-3-4-12-21(20)29(2,26)27)17-8-7-10-19(14-17)28-15-18-9-5-6-13-23-18/h3-14,16H,15H2,1-2H3,(H,24,25). The van der Waals surface area contributed by atoms with Crippen molar-refractivity contribution < 1.29 is 17.9 Å². The quantitative estimate of drug-likeness (QED) is 0.644. The highest BCUT2D eigenvalue weighted by Crippen LogP contribution is 2.21. The van der Waals surface area contributed by atoms with Crippen LogP contribution in [0.5, 0.6) is 5.75 Å². The molecule has 0 saturated carbocycles. The van der Waals surface area contributed by atoms with Crippen LogP contribution in [0.1, 0.15) is 34.6 Å². The van der Waals surface area contributed by atoms with Gasteiger partial charge in [-0.05, 0) is 48.9 Å². The van der Waals surface area contributed by atoms with E-state index in [9.17, 15) is 13.2 Å². The third-order valence-corrected chi connectivity index (χ3v) is 5.50. The Morgan fingerprint density at radius 3 is 2.55 bits per heavy atom. The topological polar surface area (TPSA) is 85.4 Å². The zero-order chi connectivity index (χ0) is 20.9. The number of carbonyl (C=O) groups is 1. The minimum Gasteiger partial charge on any atom is -0.487 e. The highest BCUT2D eigenvalue weighted by Gasteiger charge is 2.20. The van der Waals surface area contributed by atoms with Crippen molar-refractivity contribution in [1.29, 1.82) is 0 Å². The largest absolute Gasteiger partial charge is 0.487 e.